The highest BCUT2D eigenvalue weighted by Crippen LogP contribution is 2.12. The monoisotopic (exact) mass is 242 g/mol. The molecule has 1 heterocycles. The topological polar surface area (TPSA) is 41.6 Å². The maximum Gasteiger partial charge on any atom is 0.234 e. The lowest BCUT2D eigenvalue weighted by molar-refractivity contribution is -0.123. The van der Waals surface area contributed by atoms with Gasteiger partial charge in [0.05, 0.1) is 12.6 Å². The van der Waals surface area contributed by atoms with Gasteiger partial charge in [-0.3, -0.25) is 9.69 Å². The molecule has 1 atom stereocenters. The van der Waals surface area contributed by atoms with Crippen LogP contribution in [0.3, 0.4) is 0 Å². The van der Waals surface area contributed by atoms with Crippen LogP contribution in [0.25, 0.3) is 0 Å². The molecular weight excluding hydrogens is 216 g/mol. The highest BCUT2D eigenvalue weighted by Gasteiger charge is 2.21. The van der Waals surface area contributed by atoms with E-state index < -0.39 is 0 Å². The van der Waals surface area contributed by atoms with Crippen molar-refractivity contribution in [3.05, 3.63) is 0 Å². The summed E-state index contributed by atoms with van der Waals surface area (Å²) >= 11 is 0. The van der Waals surface area contributed by atoms with Crippen LogP contribution in [0.2, 0.25) is 0 Å². The van der Waals surface area contributed by atoms with E-state index in [0.717, 1.165) is 39.1 Å². The molecule has 0 bridgehead atoms. The van der Waals surface area contributed by atoms with Gasteiger partial charge in [0.1, 0.15) is 0 Å². The quantitative estimate of drug-likeness (QED) is 0.762. The molecule has 0 aromatic rings. The van der Waals surface area contributed by atoms with Gasteiger partial charge in [-0.25, -0.2) is 0 Å². The molecule has 0 aliphatic carbocycles. The number of piperidine rings is 1. The number of carbonyl (C=O) groups excluding carboxylic acids is 1. The molecule has 17 heavy (non-hydrogen) atoms. The Morgan fingerprint density at radius 1 is 1.53 bits per heavy atom. The van der Waals surface area contributed by atoms with Crippen LogP contribution in [0.1, 0.15) is 33.6 Å². The first-order valence-corrected chi connectivity index (χ1v) is 6.72. The largest absolute Gasteiger partial charge is 0.377 e. The number of nitrogens with zero attached hydrogens (tertiary/aromatic N) is 1. The Labute approximate surface area is 105 Å². The molecule has 0 radical (unpaired) electrons. The minimum Gasteiger partial charge on any atom is -0.377 e. The first-order chi connectivity index (χ1) is 8.11. The molecule has 0 aromatic carbocycles. The van der Waals surface area contributed by atoms with Gasteiger partial charge in [0.2, 0.25) is 5.91 Å². The normalized spacial score (nSPS) is 21.8. The Morgan fingerprint density at radius 3 is 2.94 bits per heavy atom. The van der Waals surface area contributed by atoms with Gasteiger partial charge in [-0.2, -0.15) is 0 Å². The van der Waals surface area contributed by atoms with E-state index in [0.29, 0.717) is 18.6 Å². The van der Waals surface area contributed by atoms with Crippen molar-refractivity contribution in [3.63, 3.8) is 0 Å². The smallest absolute Gasteiger partial charge is 0.234 e. The van der Waals surface area contributed by atoms with Gasteiger partial charge in [-0.1, -0.05) is 13.8 Å². The summed E-state index contributed by atoms with van der Waals surface area (Å²) in [5.41, 5.74) is 0. The number of hydrogen-bond donors (Lipinski definition) is 1. The van der Waals surface area contributed by atoms with Gasteiger partial charge in [0, 0.05) is 19.7 Å². The summed E-state index contributed by atoms with van der Waals surface area (Å²) in [6, 6.07) is 0. The van der Waals surface area contributed by atoms with Crippen molar-refractivity contribution in [1.29, 1.82) is 0 Å². The van der Waals surface area contributed by atoms with Crippen molar-refractivity contribution in [2.45, 2.75) is 39.7 Å². The molecule has 1 unspecified atom stereocenters. The lowest BCUT2D eigenvalue weighted by atomic mass is 10.1. The van der Waals surface area contributed by atoms with Gasteiger partial charge >= 0.3 is 0 Å². The first kappa shape index (κ1) is 14.5. The van der Waals surface area contributed by atoms with Crippen LogP contribution in [0.15, 0.2) is 0 Å². The second-order valence-electron chi connectivity index (χ2n) is 5.15. The van der Waals surface area contributed by atoms with Crippen LogP contribution >= 0.6 is 0 Å². The Balaban J connectivity index is 2.23. The Hall–Kier alpha value is -0.610. The molecule has 0 aromatic heterocycles. The van der Waals surface area contributed by atoms with E-state index in [1.807, 2.05) is 6.92 Å². The molecular formula is C13H26N2O2. The van der Waals surface area contributed by atoms with Gasteiger partial charge in [-0.05, 0) is 32.2 Å². The van der Waals surface area contributed by atoms with Crippen molar-refractivity contribution in [1.82, 2.24) is 10.2 Å². The van der Waals surface area contributed by atoms with Crippen LogP contribution in [-0.2, 0) is 9.53 Å². The molecule has 4 nitrogen and oxygen atoms in total. The number of nitrogens with one attached hydrogen (secondary N) is 1. The molecule has 1 amide bonds. The predicted octanol–water partition coefficient (Wildman–Crippen LogP) is 1.26. The van der Waals surface area contributed by atoms with E-state index in [9.17, 15) is 4.79 Å². The average molecular weight is 242 g/mol. The number of hydrogen-bond acceptors (Lipinski definition) is 3. The minimum atomic E-state index is 0.135. The molecule has 1 aliphatic rings. The maximum absolute atomic E-state index is 11.7. The lowest BCUT2D eigenvalue weighted by Crippen LogP contribution is -2.45. The van der Waals surface area contributed by atoms with Crippen LogP contribution in [-0.4, -0.2) is 49.7 Å². The second kappa shape index (κ2) is 7.67. The molecule has 0 spiro atoms. The average Bonchev–Trinajstić information content (AvgIpc) is 2.27. The third kappa shape index (κ3) is 6.03. The van der Waals surface area contributed by atoms with Crippen molar-refractivity contribution in [2.75, 3.05) is 32.8 Å². The highest BCUT2D eigenvalue weighted by molar-refractivity contribution is 5.78. The van der Waals surface area contributed by atoms with E-state index in [4.69, 9.17) is 4.74 Å². The van der Waals surface area contributed by atoms with Crippen molar-refractivity contribution in [3.8, 4) is 0 Å². The summed E-state index contributed by atoms with van der Waals surface area (Å²) in [5, 5.41) is 2.95. The van der Waals surface area contributed by atoms with E-state index in [1.54, 1.807) is 0 Å². The summed E-state index contributed by atoms with van der Waals surface area (Å²) in [6.45, 7) is 10.2. The Kier molecular flexibility index (Phi) is 6.52. The zero-order chi connectivity index (χ0) is 12.7. The molecule has 100 valence electrons. The predicted molar refractivity (Wildman–Crippen MR) is 68.9 cm³/mol. The Morgan fingerprint density at radius 2 is 2.29 bits per heavy atom. The summed E-state index contributed by atoms with van der Waals surface area (Å²) in [7, 11) is 0. The van der Waals surface area contributed by atoms with Gasteiger partial charge in [0.15, 0.2) is 0 Å². The SMILES string of the molecule is CCOC1CCCN(CC(=O)NCC(C)C)C1. The summed E-state index contributed by atoms with van der Waals surface area (Å²) in [6.07, 6.45) is 2.56. The van der Waals surface area contributed by atoms with Gasteiger partial charge in [0.25, 0.3) is 0 Å². The van der Waals surface area contributed by atoms with Crippen LogP contribution in [0.5, 0.6) is 0 Å². The van der Waals surface area contributed by atoms with Gasteiger partial charge < -0.3 is 10.1 Å². The fourth-order valence-corrected chi connectivity index (χ4v) is 2.11. The van der Waals surface area contributed by atoms with E-state index in [1.165, 1.54) is 0 Å². The van der Waals surface area contributed by atoms with Crippen molar-refractivity contribution in [2.24, 2.45) is 5.92 Å². The Bertz CT molecular complexity index is 229. The third-order valence-corrected chi connectivity index (χ3v) is 2.94. The number of likely N-dealkylation sites (tertiary alicyclic amines) is 1. The zero-order valence-corrected chi connectivity index (χ0v) is 11.4. The summed E-state index contributed by atoms with van der Waals surface area (Å²) in [5.74, 6) is 0.646. The fraction of sp³-hybridized carbons (Fsp3) is 0.923. The molecule has 1 N–H and O–H groups in total. The molecule has 1 aliphatic heterocycles. The maximum atomic E-state index is 11.7. The number of amides is 1. The van der Waals surface area contributed by atoms with E-state index in [-0.39, 0.29) is 5.91 Å². The van der Waals surface area contributed by atoms with Gasteiger partial charge in [-0.15, -0.1) is 0 Å². The van der Waals surface area contributed by atoms with Crippen molar-refractivity contribution < 1.29 is 9.53 Å². The lowest BCUT2D eigenvalue weighted by Gasteiger charge is -2.31. The first-order valence-electron chi connectivity index (χ1n) is 6.72. The summed E-state index contributed by atoms with van der Waals surface area (Å²) in [4.78, 5) is 13.9. The molecule has 1 rings (SSSR count). The molecule has 1 saturated heterocycles. The number of ether oxygens (including phenoxy) is 1. The molecule has 0 saturated carbocycles. The van der Waals surface area contributed by atoms with E-state index in [2.05, 4.69) is 24.1 Å². The number of carbonyl (C=O) groups is 1. The summed E-state index contributed by atoms with van der Waals surface area (Å²) < 4.78 is 5.62. The van der Waals surface area contributed by atoms with Crippen LogP contribution in [0, 0.1) is 5.92 Å². The van der Waals surface area contributed by atoms with Crippen LogP contribution in [0.4, 0.5) is 0 Å². The molecule has 1 fully saturated rings. The molecule has 4 heteroatoms. The third-order valence-electron chi connectivity index (χ3n) is 2.94. The zero-order valence-electron chi connectivity index (χ0n) is 11.4. The fourth-order valence-electron chi connectivity index (χ4n) is 2.11. The van der Waals surface area contributed by atoms with Crippen molar-refractivity contribution >= 4 is 5.91 Å². The van der Waals surface area contributed by atoms with E-state index >= 15 is 0 Å². The second-order valence-corrected chi connectivity index (χ2v) is 5.15. The minimum absolute atomic E-state index is 0.135. The highest BCUT2D eigenvalue weighted by atomic mass is 16.5. The standard InChI is InChI=1S/C13H26N2O2/c1-4-17-12-6-5-7-15(9-12)10-13(16)14-8-11(2)3/h11-12H,4-10H2,1-3H3,(H,14,16). The number of rotatable bonds is 6. The van der Waals surface area contributed by atoms with Crippen LogP contribution < -0.4 is 5.32 Å².